The maximum Gasteiger partial charge on any atom is 0.305 e. The van der Waals surface area contributed by atoms with Gasteiger partial charge in [0.15, 0.2) is 0 Å². The van der Waals surface area contributed by atoms with E-state index in [1.165, 1.54) is 7.11 Å². The molecule has 0 saturated carbocycles. The summed E-state index contributed by atoms with van der Waals surface area (Å²) < 4.78 is 4.53. The number of rotatable bonds is 7. The van der Waals surface area contributed by atoms with Crippen LogP contribution in [-0.2, 0) is 14.3 Å². The second-order valence-corrected chi connectivity index (χ2v) is 3.97. The van der Waals surface area contributed by atoms with Crippen LogP contribution in [0, 0.1) is 5.92 Å². The highest BCUT2D eigenvalue weighted by Gasteiger charge is 2.18. The van der Waals surface area contributed by atoms with Gasteiger partial charge >= 0.3 is 5.97 Å². The lowest BCUT2D eigenvalue weighted by Crippen LogP contribution is -2.37. The Morgan fingerprint density at radius 1 is 1.47 bits per heavy atom. The van der Waals surface area contributed by atoms with Crippen molar-refractivity contribution in [3.8, 4) is 0 Å². The molecule has 0 rings (SSSR count). The zero-order valence-electron chi connectivity index (χ0n) is 9.95. The molecule has 0 bridgehead atoms. The highest BCUT2D eigenvalue weighted by molar-refractivity contribution is 5.69. The highest BCUT2D eigenvalue weighted by atomic mass is 16.5. The molecule has 4 heteroatoms. The van der Waals surface area contributed by atoms with E-state index in [4.69, 9.17) is 0 Å². The van der Waals surface area contributed by atoms with Crippen LogP contribution in [0.4, 0.5) is 0 Å². The normalized spacial score (nSPS) is 12.9. The number of nitrogens with zero attached hydrogens (tertiary/aromatic N) is 1. The van der Waals surface area contributed by atoms with Gasteiger partial charge in [-0.05, 0) is 25.9 Å². The molecule has 0 amide bonds. The first-order valence-electron chi connectivity index (χ1n) is 5.17. The van der Waals surface area contributed by atoms with Gasteiger partial charge in [0.05, 0.1) is 13.2 Å². The largest absolute Gasteiger partial charge is 0.469 e. The van der Waals surface area contributed by atoms with E-state index >= 15 is 0 Å². The lowest BCUT2D eigenvalue weighted by molar-refractivity contribution is -0.140. The fourth-order valence-corrected chi connectivity index (χ4v) is 1.45. The third-order valence-electron chi connectivity index (χ3n) is 2.35. The summed E-state index contributed by atoms with van der Waals surface area (Å²) in [6.07, 6.45) is 3.11. The van der Waals surface area contributed by atoms with Gasteiger partial charge in [-0.3, -0.25) is 14.5 Å². The van der Waals surface area contributed by atoms with Crippen molar-refractivity contribution >= 4 is 12.3 Å². The summed E-state index contributed by atoms with van der Waals surface area (Å²) >= 11 is 0. The number of likely N-dealkylation sites (N-methyl/N-ethyl adjacent to an activating group) is 1. The molecule has 1 radical (unpaired) electrons. The molecule has 0 spiro atoms. The van der Waals surface area contributed by atoms with Crippen LogP contribution in [0.3, 0.4) is 0 Å². The summed E-state index contributed by atoms with van der Waals surface area (Å²) in [6, 6.07) is -0.192. The Morgan fingerprint density at radius 2 is 2.07 bits per heavy atom. The zero-order chi connectivity index (χ0) is 11.8. The van der Waals surface area contributed by atoms with Gasteiger partial charge in [-0.15, -0.1) is 0 Å². The van der Waals surface area contributed by atoms with E-state index in [0.29, 0.717) is 19.4 Å². The Hall–Kier alpha value is -0.900. The standard InChI is InChI=1S/C11H20NO3/c1-9(2)10(8-13)12(3)7-5-6-11(14)15-4/h9-10H,5-7H2,1-4H3/t10-/m1/s1. The molecular weight excluding hydrogens is 194 g/mol. The SMILES string of the molecule is COC(=O)CCCN(C)[C@H]([C]=O)C(C)C. The molecule has 0 N–H and O–H groups in total. The molecule has 0 aliphatic rings. The molecule has 0 aliphatic heterocycles. The van der Waals surface area contributed by atoms with E-state index in [9.17, 15) is 9.59 Å². The van der Waals surface area contributed by atoms with Gasteiger partial charge in [0.25, 0.3) is 0 Å². The minimum absolute atomic E-state index is 0.192. The van der Waals surface area contributed by atoms with Gasteiger partial charge in [-0.1, -0.05) is 13.8 Å². The van der Waals surface area contributed by atoms with Crippen LogP contribution < -0.4 is 0 Å². The Bertz CT molecular complexity index is 204. The second-order valence-electron chi connectivity index (χ2n) is 3.97. The van der Waals surface area contributed by atoms with Crippen LogP contribution in [0.1, 0.15) is 26.7 Å². The van der Waals surface area contributed by atoms with Gasteiger partial charge < -0.3 is 4.74 Å². The predicted molar refractivity (Wildman–Crippen MR) is 58.2 cm³/mol. The molecule has 15 heavy (non-hydrogen) atoms. The first-order chi connectivity index (χ1) is 7.02. The quantitative estimate of drug-likeness (QED) is 0.593. The number of carbonyl (C=O) groups excluding carboxylic acids is 2. The van der Waals surface area contributed by atoms with Crippen molar-refractivity contribution in [3.63, 3.8) is 0 Å². The fraction of sp³-hybridized carbons (Fsp3) is 0.818. The van der Waals surface area contributed by atoms with Gasteiger partial charge in [-0.25, -0.2) is 0 Å². The smallest absolute Gasteiger partial charge is 0.305 e. The van der Waals surface area contributed by atoms with Crippen LogP contribution >= 0.6 is 0 Å². The molecule has 4 nitrogen and oxygen atoms in total. The molecular formula is C11H20NO3. The van der Waals surface area contributed by atoms with Gasteiger partial charge in [0.2, 0.25) is 6.29 Å². The molecule has 0 fully saturated rings. The lowest BCUT2D eigenvalue weighted by atomic mass is 10.0. The number of esters is 1. The first kappa shape index (κ1) is 14.1. The molecule has 1 atom stereocenters. The lowest BCUT2D eigenvalue weighted by Gasteiger charge is -2.25. The van der Waals surface area contributed by atoms with Crippen LogP contribution in [0.2, 0.25) is 0 Å². The van der Waals surface area contributed by atoms with Gasteiger partial charge in [0.1, 0.15) is 0 Å². The molecule has 0 aromatic carbocycles. The van der Waals surface area contributed by atoms with E-state index in [-0.39, 0.29) is 17.9 Å². The maximum absolute atomic E-state index is 10.8. The van der Waals surface area contributed by atoms with Crippen LogP contribution in [-0.4, -0.2) is 43.9 Å². The first-order valence-corrected chi connectivity index (χ1v) is 5.17. The topological polar surface area (TPSA) is 46.6 Å². The maximum atomic E-state index is 10.8. The van der Waals surface area contributed by atoms with Crippen LogP contribution in [0.25, 0.3) is 0 Å². The summed E-state index contributed by atoms with van der Waals surface area (Å²) in [5.74, 6) is 0.0326. The summed E-state index contributed by atoms with van der Waals surface area (Å²) in [4.78, 5) is 23.4. The van der Waals surface area contributed by atoms with E-state index in [2.05, 4.69) is 4.74 Å². The Kier molecular flexibility index (Phi) is 6.96. The van der Waals surface area contributed by atoms with Crippen molar-refractivity contribution < 1.29 is 14.3 Å². The zero-order valence-corrected chi connectivity index (χ0v) is 9.95. The molecule has 0 aliphatic carbocycles. The van der Waals surface area contributed by atoms with Crippen molar-refractivity contribution in [1.82, 2.24) is 4.90 Å². The van der Waals surface area contributed by atoms with Crippen molar-refractivity contribution in [2.75, 3.05) is 20.7 Å². The molecule has 87 valence electrons. The van der Waals surface area contributed by atoms with Crippen molar-refractivity contribution in [3.05, 3.63) is 0 Å². The predicted octanol–water partition coefficient (Wildman–Crippen LogP) is 1.01. The van der Waals surface area contributed by atoms with E-state index < -0.39 is 0 Å². The second kappa shape index (κ2) is 7.40. The summed E-state index contributed by atoms with van der Waals surface area (Å²) in [5.41, 5.74) is 0. The Morgan fingerprint density at radius 3 is 2.47 bits per heavy atom. The van der Waals surface area contributed by atoms with E-state index in [1.807, 2.05) is 32.1 Å². The summed E-state index contributed by atoms with van der Waals surface area (Å²) in [7, 11) is 3.25. The van der Waals surface area contributed by atoms with Crippen molar-refractivity contribution in [2.45, 2.75) is 32.7 Å². The summed E-state index contributed by atoms with van der Waals surface area (Å²) in [6.45, 7) is 4.66. The molecule has 0 heterocycles. The highest BCUT2D eigenvalue weighted by Crippen LogP contribution is 2.07. The number of hydrogen-bond donors (Lipinski definition) is 0. The number of hydrogen-bond acceptors (Lipinski definition) is 4. The van der Waals surface area contributed by atoms with Gasteiger partial charge in [0, 0.05) is 6.42 Å². The average Bonchev–Trinajstić information content (AvgIpc) is 2.17. The van der Waals surface area contributed by atoms with E-state index in [0.717, 1.165) is 0 Å². The molecule has 0 aromatic heterocycles. The third-order valence-corrected chi connectivity index (χ3v) is 2.35. The Balaban J connectivity index is 3.86. The van der Waals surface area contributed by atoms with Crippen LogP contribution in [0.15, 0.2) is 0 Å². The van der Waals surface area contributed by atoms with Gasteiger partial charge in [-0.2, -0.15) is 0 Å². The number of ether oxygens (including phenoxy) is 1. The van der Waals surface area contributed by atoms with Crippen molar-refractivity contribution in [1.29, 1.82) is 0 Å². The fourth-order valence-electron chi connectivity index (χ4n) is 1.45. The number of methoxy groups -OCH3 is 1. The Labute approximate surface area is 91.6 Å². The minimum atomic E-state index is -0.209. The molecule has 0 aromatic rings. The minimum Gasteiger partial charge on any atom is -0.469 e. The van der Waals surface area contributed by atoms with Crippen molar-refractivity contribution in [2.24, 2.45) is 5.92 Å². The third kappa shape index (κ3) is 5.52. The molecule has 0 saturated heterocycles. The average molecular weight is 214 g/mol. The molecule has 0 unspecified atom stereocenters. The van der Waals surface area contributed by atoms with E-state index in [1.54, 1.807) is 0 Å². The van der Waals surface area contributed by atoms with Crippen LogP contribution in [0.5, 0.6) is 0 Å². The number of carbonyl (C=O) groups is 1. The summed E-state index contributed by atoms with van der Waals surface area (Å²) in [5, 5.41) is 0. The monoisotopic (exact) mass is 214 g/mol.